The fraction of sp³-hybridized carbons (Fsp3) is 0.130. The highest BCUT2D eigenvalue weighted by atomic mass is 32.2. The van der Waals surface area contributed by atoms with Crippen LogP contribution in [0.5, 0.6) is 5.88 Å². The molecule has 0 saturated carbocycles. The Morgan fingerprint density at radius 3 is 2.38 bits per heavy atom. The molecule has 0 aliphatic heterocycles. The van der Waals surface area contributed by atoms with E-state index in [0.29, 0.717) is 6.42 Å². The summed E-state index contributed by atoms with van der Waals surface area (Å²) in [5.74, 6) is -0.301. The third-order valence-electron chi connectivity index (χ3n) is 4.73. The highest BCUT2D eigenvalue weighted by Crippen LogP contribution is 2.37. The number of rotatable bonds is 6. The number of hydrogen-bond donors (Lipinski definition) is 1. The van der Waals surface area contributed by atoms with Crippen molar-refractivity contribution in [3.05, 3.63) is 106 Å². The van der Waals surface area contributed by atoms with E-state index in [0.717, 1.165) is 21.4 Å². The first-order valence-corrected chi connectivity index (χ1v) is 10.5. The molecule has 2 aromatic heterocycles. The van der Waals surface area contributed by atoms with Gasteiger partial charge in [0.05, 0.1) is 18.4 Å². The fourth-order valence-corrected chi connectivity index (χ4v) is 3.90. The summed E-state index contributed by atoms with van der Waals surface area (Å²) >= 11 is -0.239. The zero-order valence-electron chi connectivity index (χ0n) is 16.7. The van der Waals surface area contributed by atoms with Crippen molar-refractivity contribution in [3.63, 3.8) is 0 Å². The van der Waals surface area contributed by atoms with Crippen molar-refractivity contribution in [2.45, 2.75) is 23.4 Å². The number of hydrogen-bond acceptors (Lipinski definition) is 4. The summed E-state index contributed by atoms with van der Waals surface area (Å²) in [4.78, 5) is 17.2. The van der Waals surface area contributed by atoms with Gasteiger partial charge in [0.25, 0.3) is 0 Å². The highest BCUT2D eigenvalue weighted by molar-refractivity contribution is 8.00. The molecule has 2 aromatic carbocycles. The van der Waals surface area contributed by atoms with Crippen LogP contribution < -0.4 is 5.69 Å². The van der Waals surface area contributed by atoms with Crippen LogP contribution in [0.2, 0.25) is 0 Å². The molecular weight excluding hydrogens is 439 g/mol. The van der Waals surface area contributed by atoms with Gasteiger partial charge in [-0.2, -0.15) is 13.2 Å². The SMILES string of the molecule is O=c1n(Cc2ccnc(Cc3ccccc3)c2)cc(O)n1-c1ccc(SC(F)(F)F)cc1. The number of thioether (sulfide) groups is 1. The van der Waals surface area contributed by atoms with Crippen LogP contribution in [0.15, 0.2) is 88.8 Å². The number of imidazole rings is 1. The number of nitrogens with zero attached hydrogens (tertiary/aromatic N) is 3. The predicted octanol–water partition coefficient (Wildman–Crippen LogP) is 4.99. The third-order valence-corrected chi connectivity index (χ3v) is 5.47. The predicted molar refractivity (Wildman–Crippen MR) is 116 cm³/mol. The van der Waals surface area contributed by atoms with Crippen molar-refractivity contribution >= 4 is 11.8 Å². The van der Waals surface area contributed by atoms with Crippen LogP contribution in [0.3, 0.4) is 0 Å². The summed E-state index contributed by atoms with van der Waals surface area (Å²) in [6.45, 7) is 0.214. The van der Waals surface area contributed by atoms with E-state index in [2.05, 4.69) is 4.98 Å². The summed E-state index contributed by atoms with van der Waals surface area (Å²) in [5, 5.41) is 10.3. The van der Waals surface area contributed by atoms with Gasteiger partial charge in [0.1, 0.15) is 0 Å². The quantitative estimate of drug-likeness (QED) is 0.415. The minimum atomic E-state index is -4.40. The Morgan fingerprint density at radius 2 is 1.69 bits per heavy atom. The van der Waals surface area contributed by atoms with E-state index in [4.69, 9.17) is 0 Å². The second-order valence-electron chi connectivity index (χ2n) is 7.09. The van der Waals surface area contributed by atoms with E-state index in [1.54, 1.807) is 12.3 Å². The van der Waals surface area contributed by atoms with E-state index >= 15 is 0 Å². The number of alkyl halides is 3. The number of halogens is 3. The van der Waals surface area contributed by atoms with Gasteiger partial charge < -0.3 is 5.11 Å². The van der Waals surface area contributed by atoms with Crippen LogP contribution in [0.4, 0.5) is 13.2 Å². The average Bonchev–Trinajstić information content (AvgIpc) is 3.01. The lowest BCUT2D eigenvalue weighted by atomic mass is 10.1. The first-order chi connectivity index (χ1) is 15.3. The molecule has 0 fully saturated rings. The van der Waals surface area contributed by atoms with Crippen molar-refractivity contribution < 1.29 is 18.3 Å². The molecule has 0 saturated heterocycles. The van der Waals surface area contributed by atoms with E-state index in [1.807, 2.05) is 36.4 Å². The molecule has 4 rings (SSSR count). The highest BCUT2D eigenvalue weighted by Gasteiger charge is 2.29. The summed E-state index contributed by atoms with van der Waals surface area (Å²) in [5.41, 5.74) is -1.82. The van der Waals surface area contributed by atoms with E-state index in [-0.39, 0.29) is 34.8 Å². The molecule has 0 bridgehead atoms. The monoisotopic (exact) mass is 457 g/mol. The van der Waals surface area contributed by atoms with Crippen molar-refractivity contribution in [3.8, 4) is 11.6 Å². The molecule has 0 radical (unpaired) electrons. The molecule has 0 aliphatic rings. The first kappa shape index (κ1) is 21.8. The van der Waals surface area contributed by atoms with Gasteiger partial charge in [-0.25, -0.2) is 9.36 Å². The fourth-order valence-electron chi connectivity index (χ4n) is 3.36. The van der Waals surface area contributed by atoms with E-state index < -0.39 is 11.2 Å². The van der Waals surface area contributed by atoms with Gasteiger partial charge in [-0.1, -0.05) is 30.3 Å². The Morgan fingerprint density at radius 1 is 0.969 bits per heavy atom. The Bertz CT molecular complexity index is 1270. The van der Waals surface area contributed by atoms with Crippen molar-refractivity contribution in [2.24, 2.45) is 0 Å². The van der Waals surface area contributed by atoms with Crippen LogP contribution in [-0.2, 0) is 13.0 Å². The maximum Gasteiger partial charge on any atom is 0.446 e. The first-order valence-electron chi connectivity index (χ1n) is 9.63. The molecule has 32 heavy (non-hydrogen) atoms. The van der Waals surface area contributed by atoms with Gasteiger partial charge in [-0.05, 0) is 59.3 Å². The Labute approximate surface area is 185 Å². The van der Waals surface area contributed by atoms with Gasteiger partial charge in [0.2, 0.25) is 5.88 Å². The van der Waals surface area contributed by atoms with Crippen LogP contribution in [0.1, 0.15) is 16.8 Å². The van der Waals surface area contributed by atoms with Gasteiger partial charge in [0, 0.05) is 23.2 Å². The second kappa shape index (κ2) is 8.96. The van der Waals surface area contributed by atoms with Gasteiger partial charge >= 0.3 is 11.2 Å². The second-order valence-corrected chi connectivity index (χ2v) is 8.23. The number of pyridine rings is 1. The number of benzene rings is 2. The van der Waals surface area contributed by atoms with Crippen LogP contribution in [0, 0.1) is 0 Å². The molecule has 5 nitrogen and oxygen atoms in total. The lowest BCUT2D eigenvalue weighted by molar-refractivity contribution is -0.0328. The standard InChI is InChI=1S/C23H18F3N3O2S/c24-23(25,26)32-20-8-6-19(7-9-20)29-21(30)15-28(22(29)31)14-17-10-11-27-18(13-17)12-16-4-2-1-3-5-16/h1-11,13,15,30H,12,14H2. The van der Waals surface area contributed by atoms with Gasteiger partial charge in [-0.3, -0.25) is 9.55 Å². The Hall–Kier alpha value is -3.46. The summed E-state index contributed by atoms with van der Waals surface area (Å²) in [7, 11) is 0. The van der Waals surface area contributed by atoms with Gasteiger partial charge in [0.15, 0.2) is 0 Å². The lowest BCUT2D eigenvalue weighted by Gasteiger charge is -2.07. The molecule has 164 valence electrons. The molecular formula is C23H18F3N3O2S. The smallest absolute Gasteiger partial charge is 0.446 e. The molecule has 4 aromatic rings. The third kappa shape index (κ3) is 5.23. The molecule has 0 unspecified atom stereocenters. The van der Waals surface area contributed by atoms with Crippen LogP contribution in [0.25, 0.3) is 5.69 Å². The van der Waals surface area contributed by atoms with E-state index in [9.17, 15) is 23.1 Å². The topological polar surface area (TPSA) is 60.1 Å². The van der Waals surface area contributed by atoms with Crippen molar-refractivity contribution in [1.29, 1.82) is 0 Å². The molecule has 0 aliphatic carbocycles. The van der Waals surface area contributed by atoms with Crippen LogP contribution >= 0.6 is 11.8 Å². The minimum absolute atomic E-state index is 0.00375. The van der Waals surface area contributed by atoms with Crippen molar-refractivity contribution in [2.75, 3.05) is 0 Å². The molecule has 0 spiro atoms. The summed E-state index contributed by atoms with van der Waals surface area (Å²) in [6, 6.07) is 18.8. The normalized spacial score (nSPS) is 11.6. The molecule has 9 heteroatoms. The molecule has 0 amide bonds. The largest absolute Gasteiger partial charge is 0.493 e. The van der Waals surface area contributed by atoms with Gasteiger partial charge in [-0.15, -0.1) is 0 Å². The number of aromatic nitrogens is 3. The molecule has 0 atom stereocenters. The summed E-state index contributed by atoms with van der Waals surface area (Å²) in [6.07, 6.45) is 3.63. The maximum atomic E-state index is 12.8. The Kier molecular flexibility index (Phi) is 6.09. The minimum Gasteiger partial charge on any atom is -0.493 e. The van der Waals surface area contributed by atoms with Crippen molar-refractivity contribution in [1.82, 2.24) is 14.1 Å². The zero-order valence-corrected chi connectivity index (χ0v) is 17.5. The average molecular weight is 457 g/mol. The molecule has 1 N–H and O–H groups in total. The lowest BCUT2D eigenvalue weighted by Crippen LogP contribution is -2.23. The van der Waals surface area contributed by atoms with Crippen LogP contribution in [-0.4, -0.2) is 24.7 Å². The number of aromatic hydroxyl groups is 1. The summed E-state index contributed by atoms with van der Waals surface area (Å²) < 4.78 is 39.9. The molecule has 2 heterocycles. The zero-order chi connectivity index (χ0) is 22.7. The Balaban J connectivity index is 1.55. The maximum absolute atomic E-state index is 12.8. The van der Waals surface area contributed by atoms with E-state index in [1.165, 1.54) is 35.0 Å².